The molecule has 0 bridgehead atoms. The quantitative estimate of drug-likeness (QED) is 0.111. The van der Waals surface area contributed by atoms with Gasteiger partial charge in [0.1, 0.15) is 5.82 Å². The van der Waals surface area contributed by atoms with Gasteiger partial charge < -0.3 is 5.11 Å². The Morgan fingerprint density at radius 1 is 1.04 bits per heavy atom. The number of benzene rings is 2. The van der Waals surface area contributed by atoms with E-state index in [-0.39, 0.29) is 18.0 Å². The summed E-state index contributed by atoms with van der Waals surface area (Å²) in [5.41, 5.74) is 7.38. The lowest BCUT2D eigenvalue weighted by molar-refractivity contribution is 0.101. The number of pyridine rings is 1. The summed E-state index contributed by atoms with van der Waals surface area (Å²) in [7, 11) is 0. The Morgan fingerprint density at radius 3 is 2.12 bits per heavy atom. The summed E-state index contributed by atoms with van der Waals surface area (Å²) in [4.78, 5) is 19.9. The van der Waals surface area contributed by atoms with Crippen LogP contribution < -0.4 is 0 Å². The van der Waals surface area contributed by atoms with E-state index in [1.54, 1.807) is 13.1 Å². The molecule has 6 heteroatoms. The molecule has 5 nitrogen and oxygen atoms in total. The van der Waals surface area contributed by atoms with Gasteiger partial charge in [-0.15, -0.1) is 6.58 Å². The predicted molar refractivity (Wildman–Crippen MR) is 207 cm³/mol. The highest BCUT2D eigenvalue weighted by atomic mass is 19.1. The second kappa shape index (κ2) is 27.9. The number of nitrogens with zero attached hydrogens (tertiary/aromatic N) is 3. The van der Waals surface area contributed by atoms with Crippen molar-refractivity contribution in [2.45, 2.75) is 138 Å². The monoisotopic (exact) mass is 671 g/mol. The molecule has 1 aliphatic rings. The predicted octanol–water partition coefficient (Wildman–Crippen LogP) is 12.7. The maximum Gasteiger partial charge on any atom is 0.159 e. The standard InChI is InChI=1S/C21H27FN2.C11H12O.C5H9NO.C4H8.C2H6/c1-4-6-8-20(9-7-5-2)24-21-11-10-17(12-16(21)3)18-13-19(22)15-23-14-18;1-8(12)10-3-2-4-11(7-10)9-5-6-9;1-2-5(7)3-4-6;1-3-4-2;1-2/h10-15H,4-9H2,1-3H3;2-4,7,9H,5-6H2,1H3;5,7H,2-3H2,1H3;3H,1,4H2,2H3;1-2H3. The van der Waals surface area contributed by atoms with E-state index in [9.17, 15) is 9.18 Å². The lowest BCUT2D eigenvalue weighted by Gasteiger charge is -2.09. The highest BCUT2D eigenvalue weighted by molar-refractivity contribution is 5.94. The first-order valence-corrected chi connectivity index (χ1v) is 18.2. The molecule has 49 heavy (non-hydrogen) atoms. The van der Waals surface area contributed by atoms with E-state index < -0.39 is 6.10 Å². The number of Topliss-reactive ketones (excluding diaryl/α,β-unsaturated/α-hetero) is 1. The van der Waals surface area contributed by atoms with Crippen LogP contribution in [0.3, 0.4) is 0 Å². The van der Waals surface area contributed by atoms with Crippen molar-refractivity contribution < 1.29 is 14.3 Å². The molecule has 1 aromatic heterocycles. The fourth-order valence-corrected chi connectivity index (χ4v) is 4.38. The van der Waals surface area contributed by atoms with E-state index in [0.717, 1.165) is 53.1 Å². The number of aliphatic imine (C=N–C) groups is 1. The Labute approximate surface area is 297 Å². The molecule has 0 aliphatic heterocycles. The Bertz CT molecular complexity index is 1410. The minimum atomic E-state index is -0.412. The van der Waals surface area contributed by atoms with Crippen molar-refractivity contribution in [2.24, 2.45) is 4.99 Å². The number of aromatic nitrogens is 1. The Morgan fingerprint density at radius 2 is 1.67 bits per heavy atom. The topological polar surface area (TPSA) is 86.3 Å². The number of halogens is 1. The number of hydrogen-bond donors (Lipinski definition) is 1. The van der Waals surface area contributed by atoms with Gasteiger partial charge in [0.05, 0.1) is 30.5 Å². The van der Waals surface area contributed by atoms with Gasteiger partial charge in [-0.1, -0.05) is 84.7 Å². The zero-order valence-electron chi connectivity index (χ0n) is 31.6. The van der Waals surface area contributed by atoms with Crippen molar-refractivity contribution in [1.82, 2.24) is 4.98 Å². The fraction of sp³-hybridized carbons (Fsp3) is 0.488. The molecule has 1 unspecified atom stereocenters. The van der Waals surface area contributed by atoms with E-state index in [0.29, 0.717) is 6.42 Å². The summed E-state index contributed by atoms with van der Waals surface area (Å²) in [5.74, 6) is 0.593. The van der Waals surface area contributed by atoms with Crippen molar-refractivity contribution >= 4 is 17.2 Å². The van der Waals surface area contributed by atoms with Gasteiger partial charge in [-0.05, 0) is 112 Å². The number of aliphatic hydroxyl groups is 1. The second-order valence-electron chi connectivity index (χ2n) is 11.9. The molecule has 4 rings (SSSR count). The Hall–Kier alpha value is -3.95. The lowest BCUT2D eigenvalue weighted by Crippen LogP contribution is -2.00. The van der Waals surface area contributed by atoms with Crippen molar-refractivity contribution in [3.05, 3.63) is 96.1 Å². The summed E-state index contributed by atoms with van der Waals surface area (Å²) in [6.07, 6.45) is 15.9. The van der Waals surface area contributed by atoms with E-state index >= 15 is 0 Å². The van der Waals surface area contributed by atoms with Gasteiger partial charge in [0, 0.05) is 23.0 Å². The van der Waals surface area contributed by atoms with Gasteiger partial charge >= 0.3 is 0 Å². The average Bonchev–Trinajstić information content (AvgIpc) is 3.98. The molecule has 1 heterocycles. The number of carbonyl (C=O) groups is 1. The highest BCUT2D eigenvalue weighted by Crippen LogP contribution is 2.40. The van der Waals surface area contributed by atoms with Crippen LogP contribution >= 0.6 is 0 Å². The normalized spacial score (nSPS) is 11.6. The molecule has 1 fully saturated rings. The van der Waals surface area contributed by atoms with Gasteiger partial charge in [-0.25, -0.2) is 4.39 Å². The first-order chi connectivity index (χ1) is 23.6. The van der Waals surface area contributed by atoms with Crippen LogP contribution in [0.5, 0.6) is 0 Å². The third-order valence-corrected chi connectivity index (χ3v) is 7.58. The molecule has 3 aromatic rings. The Kier molecular flexibility index (Phi) is 25.7. The average molecular weight is 672 g/mol. The summed E-state index contributed by atoms with van der Waals surface area (Å²) < 4.78 is 13.4. The summed E-state index contributed by atoms with van der Waals surface area (Å²) in [6.45, 7) is 19.5. The van der Waals surface area contributed by atoms with Crippen LogP contribution in [0.2, 0.25) is 0 Å². The number of aryl methyl sites for hydroxylation is 1. The molecule has 1 atom stereocenters. The van der Waals surface area contributed by atoms with E-state index in [2.05, 4.69) is 51.4 Å². The third kappa shape index (κ3) is 20.2. The number of rotatable bonds is 13. The van der Waals surface area contributed by atoms with E-state index in [1.165, 1.54) is 62.1 Å². The molecule has 0 spiro atoms. The number of allylic oxidation sites excluding steroid dienone is 1. The van der Waals surface area contributed by atoms with Gasteiger partial charge in [0.25, 0.3) is 0 Å². The Balaban J connectivity index is 0.000000759. The van der Waals surface area contributed by atoms with Gasteiger partial charge in [-0.3, -0.25) is 14.8 Å². The van der Waals surface area contributed by atoms with Gasteiger partial charge in [0.15, 0.2) is 5.78 Å². The largest absolute Gasteiger partial charge is 0.392 e. The van der Waals surface area contributed by atoms with Crippen LogP contribution in [0.15, 0.2) is 78.6 Å². The molecule has 0 saturated heterocycles. The molecule has 1 aliphatic carbocycles. The molecular weight excluding hydrogens is 609 g/mol. The molecular formula is C43H62FN3O2. The van der Waals surface area contributed by atoms with Gasteiger partial charge in [-0.2, -0.15) is 5.26 Å². The number of ketones is 1. The number of hydrogen-bond acceptors (Lipinski definition) is 5. The van der Waals surface area contributed by atoms with Crippen LogP contribution in [0, 0.1) is 24.1 Å². The van der Waals surface area contributed by atoms with Crippen molar-refractivity contribution in [1.29, 1.82) is 5.26 Å². The molecule has 0 amide bonds. The zero-order chi connectivity index (χ0) is 37.0. The first-order valence-electron chi connectivity index (χ1n) is 18.2. The number of unbranched alkanes of at least 4 members (excludes halogenated alkanes) is 2. The molecule has 1 saturated carbocycles. The summed E-state index contributed by atoms with van der Waals surface area (Å²) >= 11 is 0. The first kappa shape index (κ1) is 45.0. The lowest BCUT2D eigenvalue weighted by atomic mass is 10.0. The molecule has 0 radical (unpaired) electrons. The third-order valence-electron chi connectivity index (χ3n) is 7.58. The van der Waals surface area contributed by atoms with E-state index in [1.807, 2.05) is 63.2 Å². The summed E-state index contributed by atoms with van der Waals surface area (Å²) in [5, 5.41) is 16.6. The van der Waals surface area contributed by atoms with Crippen LogP contribution in [-0.4, -0.2) is 27.7 Å². The molecule has 1 N–H and O–H groups in total. The second-order valence-corrected chi connectivity index (χ2v) is 11.9. The zero-order valence-corrected chi connectivity index (χ0v) is 31.6. The number of carbonyl (C=O) groups excluding carboxylic acids is 1. The van der Waals surface area contributed by atoms with Crippen molar-refractivity contribution in [2.75, 3.05) is 0 Å². The minimum Gasteiger partial charge on any atom is -0.392 e. The molecule has 2 aromatic carbocycles. The smallest absolute Gasteiger partial charge is 0.159 e. The number of aliphatic hydroxyl groups excluding tert-OH is 1. The number of nitriles is 1. The van der Waals surface area contributed by atoms with Crippen LogP contribution in [0.4, 0.5) is 10.1 Å². The maximum absolute atomic E-state index is 13.4. The summed E-state index contributed by atoms with van der Waals surface area (Å²) in [6, 6.07) is 17.5. The SMILES string of the molecule is C=CCC.CC.CC(=O)c1cccc(C2CC2)c1.CCC(O)CC#N.CCCCC(CCCC)=Nc1ccc(-c2cncc(F)c2)cc1C. The fourth-order valence-electron chi connectivity index (χ4n) is 4.38. The highest BCUT2D eigenvalue weighted by Gasteiger charge is 2.23. The van der Waals surface area contributed by atoms with Crippen LogP contribution in [0.1, 0.15) is 146 Å². The van der Waals surface area contributed by atoms with Gasteiger partial charge in [0.2, 0.25) is 0 Å². The van der Waals surface area contributed by atoms with Crippen molar-refractivity contribution in [3.8, 4) is 17.2 Å². The van der Waals surface area contributed by atoms with Crippen LogP contribution in [0.25, 0.3) is 11.1 Å². The van der Waals surface area contributed by atoms with E-state index in [4.69, 9.17) is 15.4 Å². The molecule has 268 valence electrons. The van der Waals surface area contributed by atoms with Crippen molar-refractivity contribution in [3.63, 3.8) is 0 Å². The maximum atomic E-state index is 13.4. The minimum absolute atomic E-state index is 0.164. The van der Waals surface area contributed by atoms with Crippen LogP contribution in [-0.2, 0) is 0 Å².